The second-order valence-corrected chi connectivity index (χ2v) is 8.57. The van der Waals surface area contributed by atoms with Crippen molar-refractivity contribution in [3.8, 4) is 0 Å². The molecule has 0 bridgehead atoms. The molecular formula is C19H26N2O3S. The van der Waals surface area contributed by atoms with Gasteiger partial charge in [0, 0.05) is 32.7 Å². The summed E-state index contributed by atoms with van der Waals surface area (Å²) in [4.78, 5) is 16.3. The predicted molar refractivity (Wildman–Crippen MR) is 102 cm³/mol. The number of benzene rings is 1. The molecule has 1 saturated heterocycles. The minimum atomic E-state index is -3.45. The van der Waals surface area contributed by atoms with Gasteiger partial charge in [-0.15, -0.1) is 6.58 Å². The van der Waals surface area contributed by atoms with Crippen LogP contribution in [-0.4, -0.2) is 67.9 Å². The molecule has 0 spiro atoms. The number of rotatable bonds is 7. The number of piperazine rings is 1. The monoisotopic (exact) mass is 362 g/mol. The zero-order valence-electron chi connectivity index (χ0n) is 14.7. The Balaban J connectivity index is 1.82. The van der Waals surface area contributed by atoms with Crippen molar-refractivity contribution >= 4 is 21.8 Å². The van der Waals surface area contributed by atoms with E-state index in [-0.39, 0.29) is 11.7 Å². The van der Waals surface area contributed by atoms with E-state index in [9.17, 15) is 13.2 Å². The van der Waals surface area contributed by atoms with Crippen LogP contribution in [0.2, 0.25) is 0 Å². The number of hydrogen-bond donors (Lipinski definition) is 0. The van der Waals surface area contributed by atoms with E-state index in [4.69, 9.17) is 0 Å². The van der Waals surface area contributed by atoms with Gasteiger partial charge in [-0.1, -0.05) is 48.6 Å². The van der Waals surface area contributed by atoms with E-state index in [1.165, 1.54) is 13.0 Å². The SMILES string of the molecule is C=CCS(=O)(=O)C(C)C(=O)N1CCN(C/C=C/c2ccccc2)CC1. The summed E-state index contributed by atoms with van der Waals surface area (Å²) in [6, 6.07) is 10.1. The molecule has 2 rings (SSSR count). The molecule has 1 amide bonds. The van der Waals surface area contributed by atoms with Crippen LogP contribution in [0.5, 0.6) is 0 Å². The molecule has 1 aliphatic heterocycles. The number of hydrogen-bond acceptors (Lipinski definition) is 4. The van der Waals surface area contributed by atoms with Crippen LogP contribution in [0.3, 0.4) is 0 Å². The van der Waals surface area contributed by atoms with Crippen molar-refractivity contribution in [2.24, 2.45) is 0 Å². The van der Waals surface area contributed by atoms with Crippen LogP contribution in [0.4, 0.5) is 0 Å². The van der Waals surface area contributed by atoms with Crippen molar-refractivity contribution in [2.45, 2.75) is 12.2 Å². The third-order valence-electron chi connectivity index (χ3n) is 4.39. The van der Waals surface area contributed by atoms with Gasteiger partial charge in [-0.3, -0.25) is 9.69 Å². The van der Waals surface area contributed by atoms with E-state index in [2.05, 4.69) is 35.8 Å². The van der Waals surface area contributed by atoms with E-state index in [1.807, 2.05) is 18.2 Å². The molecule has 1 unspecified atom stereocenters. The van der Waals surface area contributed by atoms with Crippen LogP contribution in [0.15, 0.2) is 49.1 Å². The second kappa shape index (κ2) is 8.97. The molecule has 0 aliphatic carbocycles. The van der Waals surface area contributed by atoms with Gasteiger partial charge in [0.15, 0.2) is 9.84 Å². The minimum Gasteiger partial charge on any atom is -0.339 e. The Morgan fingerprint density at radius 1 is 1.20 bits per heavy atom. The summed E-state index contributed by atoms with van der Waals surface area (Å²) in [5.74, 6) is -0.467. The van der Waals surface area contributed by atoms with Crippen LogP contribution < -0.4 is 0 Å². The summed E-state index contributed by atoms with van der Waals surface area (Å²) >= 11 is 0. The Hall–Kier alpha value is -1.92. The number of sulfone groups is 1. The smallest absolute Gasteiger partial charge is 0.240 e. The largest absolute Gasteiger partial charge is 0.339 e. The van der Waals surface area contributed by atoms with Crippen LogP contribution in [-0.2, 0) is 14.6 Å². The van der Waals surface area contributed by atoms with E-state index >= 15 is 0 Å². The number of nitrogens with zero attached hydrogens (tertiary/aromatic N) is 2. The molecule has 0 saturated carbocycles. The maximum atomic E-state index is 12.4. The Kier molecular flexibility index (Phi) is 6.96. The van der Waals surface area contributed by atoms with Gasteiger partial charge in [0.05, 0.1) is 5.75 Å². The van der Waals surface area contributed by atoms with Crippen LogP contribution in [0.25, 0.3) is 6.08 Å². The fourth-order valence-corrected chi connectivity index (χ4v) is 3.85. The van der Waals surface area contributed by atoms with Crippen molar-refractivity contribution in [2.75, 3.05) is 38.5 Å². The summed E-state index contributed by atoms with van der Waals surface area (Å²) in [6.45, 7) is 8.35. The van der Waals surface area contributed by atoms with Gasteiger partial charge in [0.2, 0.25) is 5.91 Å². The van der Waals surface area contributed by atoms with E-state index < -0.39 is 15.1 Å². The number of carbonyl (C=O) groups excluding carboxylic acids is 1. The van der Waals surface area contributed by atoms with Crippen molar-refractivity contribution in [1.82, 2.24) is 9.80 Å². The first-order valence-electron chi connectivity index (χ1n) is 8.49. The molecule has 1 atom stereocenters. The van der Waals surface area contributed by atoms with E-state index in [1.54, 1.807) is 4.90 Å². The molecule has 5 nitrogen and oxygen atoms in total. The molecule has 25 heavy (non-hydrogen) atoms. The normalized spacial score (nSPS) is 17.6. The maximum Gasteiger partial charge on any atom is 0.240 e. The topological polar surface area (TPSA) is 57.7 Å². The molecule has 0 radical (unpaired) electrons. The van der Waals surface area contributed by atoms with Crippen LogP contribution in [0.1, 0.15) is 12.5 Å². The zero-order chi connectivity index (χ0) is 18.3. The summed E-state index contributed by atoms with van der Waals surface area (Å²) in [5, 5.41) is -1.00. The molecular weight excluding hydrogens is 336 g/mol. The molecule has 136 valence electrons. The molecule has 1 aromatic rings. The highest BCUT2D eigenvalue weighted by Gasteiger charge is 2.32. The van der Waals surface area contributed by atoms with Crippen LogP contribution in [0, 0.1) is 0 Å². The van der Waals surface area contributed by atoms with Crippen molar-refractivity contribution in [3.05, 3.63) is 54.6 Å². The second-order valence-electron chi connectivity index (χ2n) is 6.20. The highest BCUT2D eigenvalue weighted by Crippen LogP contribution is 2.11. The predicted octanol–water partition coefficient (Wildman–Crippen LogP) is 1.83. The summed E-state index contributed by atoms with van der Waals surface area (Å²) in [6.07, 6.45) is 5.53. The van der Waals surface area contributed by atoms with E-state index in [0.717, 1.165) is 25.2 Å². The van der Waals surface area contributed by atoms with Crippen LogP contribution >= 0.6 is 0 Å². The summed E-state index contributed by atoms with van der Waals surface area (Å²) in [5.41, 5.74) is 1.16. The highest BCUT2D eigenvalue weighted by molar-refractivity contribution is 7.92. The first kappa shape index (κ1) is 19.4. The van der Waals surface area contributed by atoms with Crippen molar-refractivity contribution in [3.63, 3.8) is 0 Å². The lowest BCUT2D eigenvalue weighted by Crippen LogP contribution is -2.52. The Morgan fingerprint density at radius 3 is 2.44 bits per heavy atom. The van der Waals surface area contributed by atoms with Crippen molar-refractivity contribution in [1.29, 1.82) is 0 Å². The molecule has 1 fully saturated rings. The zero-order valence-corrected chi connectivity index (χ0v) is 15.5. The van der Waals surface area contributed by atoms with Gasteiger partial charge < -0.3 is 4.90 Å². The molecule has 1 aromatic carbocycles. The number of amides is 1. The maximum absolute atomic E-state index is 12.4. The Morgan fingerprint density at radius 2 is 1.84 bits per heavy atom. The average Bonchev–Trinajstić information content (AvgIpc) is 2.62. The fourth-order valence-electron chi connectivity index (χ4n) is 2.77. The van der Waals surface area contributed by atoms with Gasteiger partial charge in [-0.25, -0.2) is 8.42 Å². The molecule has 0 aromatic heterocycles. The summed E-state index contributed by atoms with van der Waals surface area (Å²) < 4.78 is 24.0. The fraction of sp³-hybridized carbons (Fsp3) is 0.421. The van der Waals surface area contributed by atoms with Gasteiger partial charge in [0.1, 0.15) is 5.25 Å². The highest BCUT2D eigenvalue weighted by atomic mass is 32.2. The van der Waals surface area contributed by atoms with Gasteiger partial charge in [-0.05, 0) is 12.5 Å². The molecule has 6 heteroatoms. The lowest BCUT2D eigenvalue weighted by atomic mass is 10.2. The van der Waals surface area contributed by atoms with E-state index in [0.29, 0.717) is 13.1 Å². The Bertz CT molecular complexity index is 705. The minimum absolute atomic E-state index is 0.163. The Labute approximate surface area is 150 Å². The van der Waals surface area contributed by atoms with Crippen molar-refractivity contribution < 1.29 is 13.2 Å². The standard InChI is InChI=1S/C19H26N2O3S/c1-3-16-25(23,24)17(2)19(22)21-14-12-20(13-15-21)11-7-10-18-8-5-4-6-9-18/h3-10,17H,1,11-16H2,2H3/b10-7+. The average molecular weight is 362 g/mol. The lowest BCUT2D eigenvalue weighted by molar-refractivity contribution is -0.132. The first-order chi connectivity index (χ1) is 11.9. The molecule has 1 heterocycles. The third-order valence-corrected chi connectivity index (χ3v) is 6.37. The lowest BCUT2D eigenvalue weighted by Gasteiger charge is -2.35. The first-order valence-corrected chi connectivity index (χ1v) is 10.2. The van der Waals surface area contributed by atoms with Gasteiger partial charge in [-0.2, -0.15) is 0 Å². The van der Waals surface area contributed by atoms with Gasteiger partial charge >= 0.3 is 0 Å². The quantitative estimate of drug-likeness (QED) is 0.695. The number of carbonyl (C=O) groups is 1. The molecule has 0 N–H and O–H groups in total. The molecule has 1 aliphatic rings. The third kappa shape index (κ3) is 5.54. The summed E-state index contributed by atoms with van der Waals surface area (Å²) in [7, 11) is -3.45. The van der Waals surface area contributed by atoms with Gasteiger partial charge in [0.25, 0.3) is 0 Å².